The van der Waals surface area contributed by atoms with Crippen LogP contribution < -0.4 is 5.32 Å². The molecule has 0 aliphatic heterocycles. The summed E-state index contributed by atoms with van der Waals surface area (Å²) >= 11 is 0. The lowest BCUT2D eigenvalue weighted by Gasteiger charge is -2.06. The fraction of sp³-hybridized carbons (Fsp3) is 0.781. The third-order valence-electron chi connectivity index (χ3n) is 7.18. The third-order valence-corrected chi connectivity index (χ3v) is 7.18. The number of rotatable bonds is 25. The van der Waals surface area contributed by atoms with Gasteiger partial charge in [0.1, 0.15) is 5.75 Å². The van der Waals surface area contributed by atoms with Crippen LogP contribution in [0.25, 0.3) is 0 Å². The van der Waals surface area contributed by atoms with Crippen molar-refractivity contribution in [2.75, 3.05) is 6.54 Å². The van der Waals surface area contributed by atoms with Gasteiger partial charge in [-0.05, 0) is 30.5 Å². The zero-order valence-corrected chi connectivity index (χ0v) is 23.1. The van der Waals surface area contributed by atoms with Crippen molar-refractivity contribution in [1.29, 1.82) is 0 Å². The molecular formula is C32H57NO2. The van der Waals surface area contributed by atoms with E-state index in [2.05, 4.69) is 12.2 Å². The molecule has 0 atom stereocenters. The number of carbonyl (C=O) groups excluding carboxylic acids is 1. The van der Waals surface area contributed by atoms with E-state index in [1.807, 2.05) is 12.1 Å². The highest BCUT2D eigenvalue weighted by Crippen LogP contribution is 2.15. The Labute approximate surface area is 217 Å². The van der Waals surface area contributed by atoms with Gasteiger partial charge in [0.05, 0.1) is 0 Å². The minimum Gasteiger partial charge on any atom is -0.508 e. The van der Waals surface area contributed by atoms with Crippen LogP contribution in [0.15, 0.2) is 24.3 Å². The quantitative estimate of drug-likeness (QED) is 0.135. The van der Waals surface area contributed by atoms with Gasteiger partial charge in [-0.1, -0.05) is 147 Å². The first-order chi connectivity index (χ1) is 17.2. The first kappa shape index (κ1) is 31.5. The van der Waals surface area contributed by atoms with Gasteiger partial charge in [0.15, 0.2) is 0 Å². The first-order valence-corrected chi connectivity index (χ1v) is 15.3. The summed E-state index contributed by atoms with van der Waals surface area (Å²) in [6.45, 7) is 2.96. The molecule has 202 valence electrons. The molecule has 3 nitrogen and oxygen atoms in total. The van der Waals surface area contributed by atoms with Gasteiger partial charge in [-0.25, -0.2) is 0 Å². The molecule has 35 heavy (non-hydrogen) atoms. The van der Waals surface area contributed by atoms with E-state index in [0.717, 1.165) is 18.4 Å². The predicted octanol–water partition coefficient (Wildman–Crippen LogP) is 9.65. The summed E-state index contributed by atoms with van der Waals surface area (Å²) in [4.78, 5) is 11.9. The van der Waals surface area contributed by atoms with E-state index in [9.17, 15) is 9.90 Å². The maximum atomic E-state index is 11.9. The molecule has 0 fully saturated rings. The zero-order valence-electron chi connectivity index (χ0n) is 23.1. The largest absolute Gasteiger partial charge is 0.508 e. The number of phenolic OH excluding ortho intramolecular Hbond substituents is 1. The highest BCUT2D eigenvalue weighted by Gasteiger charge is 2.01. The standard InChI is InChI=1S/C32H57NO2/c1-2-3-4-5-6-7-8-9-10-11-12-13-14-15-16-17-18-19-20-21-22-23-32(35)33-29-28-30-24-26-31(34)27-25-30/h24-27,34H,2-23,28-29H2,1H3,(H,33,35). The molecule has 0 bridgehead atoms. The Kier molecular flexibility index (Phi) is 21.8. The molecule has 1 rings (SSSR count). The van der Waals surface area contributed by atoms with E-state index in [-0.39, 0.29) is 11.7 Å². The summed E-state index contributed by atoms with van der Waals surface area (Å²) in [5, 5.41) is 12.3. The van der Waals surface area contributed by atoms with Crippen LogP contribution in [-0.2, 0) is 11.2 Å². The maximum Gasteiger partial charge on any atom is 0.220 e. The average Bonchev–Trinajstić information content (AvgIpc) is 2.86. The fourth-order valence-electron chi connectivity index (χ4n) is 4.81. The van der Waals surface area contributed by atoms with Crippen LogP contribution in [0.3, 0.4) is 0 Å². The lowest BCUT2D eigenvalue weighted by atomic mass is 10.0. The molecule has 0 radical (unpaired) electrons. The van der Waals surface area contributed by atoms with Gasteiger partial charge < -0.3 is 10.4 Å². The second-order valence-corrected chi connectivity index (χ2v) is 10.6. The molecule has 1 aromatic carbocycles. The van der Waals surface area contributed by atoms with Crippen LogP contribution in [0, 0.1) is 0 Å². The van der Waals surface area contributed by atoms with E-state index in [4.69, 9.17) is 0 Å². The molecule has 0 unspecified atom stereocenters. The number of phenols is 1. The van der Waals surface area contributed by atoms with Gasteiger partial charge in [-0.3, -0.25) is 4.79 Å². The van der Waals surface area contributed by atoms with Gasteiger partial charge in [-0.2, -0.15) is 0 Å². The van der Waals surface area contributed by atoms with Crippen LogP contribution in [0.5, 0.6) is 5.75 Å². The normalized spacial score (nSPS) is 11.1. The Balaban J connectivity index is 1.72. The van der Waals surface area contributed by atoms with Crippen LogP contribution in [0.4, 0.5) is 0 Å². The van der Waals surface area contributed by atoms with Gasteiger partial charge in [-0.15, -0.1) is 0 Å². The van der Waals surface area contributed by atoms with Crippen molar-refractivity contribution in [3.63, 3.8) is 0 Å². The van der Waals surface area contributed by atoms with E-state index in [0.29, 0.717) is 13.0 Å². The summed E-state index contributed by atoms with van der Waals surface area (Å²) in [6.07, 6.45) is 30.5. The van der Waals surface area contributed by atoms with Crippen molar-refractivity contribution in [2.45, 2.75) is 155 Å². The topological polar surface area (TPSA) is 49.3 Å². The summed E-state index contributed by atoms with van der Waals surface area (Å²) < 4.78 is 0. The highest BCUT2D eigenvalue weighted by molar-refractivity contribution is 5.75. The van der Waals surface area contributed by atoms with Crippen molar-refractivity contribution in [2.24, 2.45) is 0 Å². The van der Waals surface area contributed by atoms with Gasteiger partial charge in [0.25, 0.3) is 0 Å². The van der Waals surface area contributed by atoms with Gasteiger partial charge >= 0.3 is 0 Å². The van der Waals surface area contributed by atoms with E-state index >= 15 is 0 Å². The van der Waals surface area contributed by atoms with Crippen molar-refractivity contribution in [3.8, 4) is 5.75 Å². The van der Waals surface area contributed by atoms with Crippen molar-refractivity contribution in [1.82, 2.24) is 5.32 Å². The van der Waals surface area contributed by atoms with Crippen LogP contribution >= 0.6 is 0 Å². The number of amides is 1. The average molecular weight is 488 g/mol. The minimum atomic E-state index is 0.168. The lowest BCUT2D eigenvalue weighted by Crippen LogP contribution is -2.25. The monoisotopic (exact) mass is 487 g/mol. The molecule has 0 aliphatic carbocycles. The summed E-state index contributed by atoms with van der Waals surface area (Å²) in [5.41, 5.74) is 1.14. The minimum absolute atomic E-state index is 0.168. The third kappa shape index (κ3) is 21.5. The van der Waals surface area contributed by atoms with Crippen molar-refractivity contribution in [3.05, 3.63) is 29.8 Å². The SMILES string of the molecule is CCCCCCCCCCCCCCCCCCCCCCCC(=O)NCCc1ccc(O)cc1. The molecular weight excluding hydrogens is 430 g/mol. The number of hydrogen-bond donors (Lipinski definition) is 2. The molecule has 0 heterocycles. The lowest BCUT2D eigenvalue weighted by molar-refractivity contribution is -0.121. The first-order valence-electron chi connectivity index (χ1n) is 15.3. The number of hydrogen-bond acceptors (Lipinski definition) is 2. The molecule has 1 amide bonds. The smallest absolute Gasteiger partial charge is 0.220 e. The molecule has 0 aromatic heterocycles. The Morgan fingerprint density at radius 3 is 1.37 bits per heavy atom. The summed E-state index contributed by atoms with van der Waals surface area (Å²) in [6, 6.07) is 7.19. The van der Waals surface area contributed by atoms with E-state index in [1.54, 1.807) is 12.1 Å². The van der Waals surface area contributed by atoms with Crippen molar-refractivity contribution >= 4 is 5.91 Å². The molecule has 3 heteroatoms. The van der Waals surface area contributed by atoms with E-state index in [1.165, 1.54) is 128 Å². The van der Waals surface area contributed by atoms with E-state index < -0.39 is 0 Å². The Bertz CT molecular complexity index is 584. The Morgan fingerprint density at radius 1 is 0.600 bits per heavy atom. The van der Waals surface area contributed by atoms with Crippen molar-refractivity contribution < 1.29 is 9.90 Å². The Morgan fingerprint density at radius 2 is 0.971 bits per heavy atom. The Hall–Kier alpha value is -1.51. The number of nitrogens with one attached hydrogen (secondary N) is 1. The molecule has 0 saturated heterocycles. The fourth-order valence-corrected chi connectivity index (χ4v) is 4.81. The maximum absolute atomic E-state index is 11.9. The molecule has 2 N–H and O–H groups in total. The van der Waals surface area contributed by atoms with Gasteiger partial charge in [0, 0.05) is 13.0 Å². The second-order valence-electron chi connectivity index (χ2n) is 10.6. The summed E-state index contributed by atoms with van der Waals surface area (Å²) in [5.74, 6) is 0.453. The number of unbranched alkanes of at least 4 members (excludes halogenated alkanes) is 20. The van der Waals surface area contributed by atoms with Crippen LogP contribution in [0.2, 0.25) is 0 Å². The molecule has 0 spiro atoms. The molecule has 0 aliphatic rings. The second kappa shape index (κ2) is 24.2. The number of aromatic hydroxyl groups is 1. The number of benzene rings is 1. The van der Waals surface area contributed by atoms with Crippen LogP contribution in [0.1, 0.15) is 154 Å². The molecule has 1 aromatic rings. The molecule has 0 saturated carbocycles. The highest BCUT2D eigenvalue weighted by atomic mass is 16.3. The summed E-state index contributed by atoms with van der Waals surface area (Å²) in [7, 11) is 0. The predicted molar refractivity (Wildman–Crippen MR) is 152 cm³/mol. The number of carbonyl (C=O) groups is 1. The van der Waals surface area contributed by atoms with Crippen LogP contribution in [-0.4, -0.2) is 17.6 Å². The van der Waals surface area contributed by atoms with Gasteiger partial charge in [0.2, 0.25) is 5.91 Å². The zero-order chi connectivity index (χ0) is 25.2.